The summed E-state index contributed by atoms with van der Waals surface area (Å²) in [5.74, 6) is -0.548. The van der Waals surface area contributed by atoms with Crippen molar-refractivity contribution in [1.82, 2.24) is 9.80 Å². The first kappa shape index (κ1) is 17.0. The van der Waals surface area contributed by atoms with E-state index in [4.69, 9.17) is 0 Å². The van der Waals surface area contributed by atoms with Gasteiger partial charge in [0.15, 0.2) is 14.6 Å². The van der Waals surface area contributed by atoms with Crippen molar-refractivity contribution in [2.24, 2.45) is 0 Å². The zero-order valence-electron chi connectivity index (χ0n) is 13.9. The van der Waals surface area contributed by atoms with Crippen molar-refractivity contribution in [1.29, 1.82) is 0 Å². The molecule has 0 bridgehead atoms. The SMILES string of the molecule is CCN1CCN(C(=O)C2(S(=O)(=O)c3ccccc3)CC2)C(C)C1=O. The highest BCUT2D eigenvalue weighted by Crippen LogP contribution is 2.48. The Morgan fingerprint density at radius 3 is 2.38 bits per heavy atom. The van der Waals surface area contributed by atoms with Gasteiger partial charge in [-0.15, -0.1) is 0 Å². The molecule has 1 unspecified atom stereocenters. The average molecular weight is 350 g/mol. The summed E-state index contributed by atoms with van der Waals surface area (Å²) in [6.45, 7) is 4.99. The number of amides is 2. The van der Waals surface area contributed by atoms with Crippen LogP contribution in [0.2, 0.25) is 0 Å². The van der Waals surface area contributed by atoms with Crippen molar-refractivity contribution >= 4 is 21.7 Å². The number of carbonyl (C=O) groups excluding carboxylic acids is 2. The fourth-order valence-electron chi connectivity index (χ4n) is 3.32. The summed E-state index contributed by atoms with van der Waals surface area (Å²) >= 11 is 0. The van der Waals surface area contributed by atoms with Gasteiger partial charge in [0.25, 0.3) is 0 Å². The molecule has 1 saturated carbocycles. The summed E-state index contributed by atoms with van der Waals surface area (Å²) in [5, 5.41) is 0. The number of rotatable bonds is 4. The Bertz CT molecular complexity index is 756. The number of hydrogen-bond donors (Lipinski definition) is 0. The molecule has 2 aliphatic rings. The molecule has 1 aliphatic heterocycles. The number of hydrogen-bond acceptors (Lipinski definition) is 4. The number of likely N-dealkylation sites (N-methyl/N-ethyl adjacent to an activating group) is 1. The van der Waals surface area contributed by atoms with Crippen LogP contribution in [-0.4, -0.2) is 60.5 Å². The van der Waals surface area contributed by atoms with Crippen LogP contribution in [0, 0.1) is 0 Å². The molecule has 6 nitrogen and oxygen atoms in total. The van der Waals surface area contributed by atoms with Crippen molar-refractivity contribution < 1.29 is 18.0 Å². The zero-order chi connectivity index (χ0) is 17.5. The molecule has 1 aromatic carbocycles. The lowest BCUT2D eigenvalue weighted by atomic mass is 10.1. The van der Waals surface area contributed by atoms with E-state index in [1.807, 2.05) is 6.92 Å². The molecule has 1 heterocycles. The summed E-state index contributed by atoms with van der Waals surface area (Å²) in [6, 6.07) is 7.47. The zero-order valence-corrected chi connectivity index (χ0v) is 14.8. The fourth-order valence-corrected chi connectivity index (χ4v) is 5.27. The molecule has 3 rings (SSSR count). The van der Waals surface area contributed by atoms with Crippen molar-refractivity contribution in [3.05, 3.63) is 30.3 Å². The molecule has 0 radical (unpaired) electrons. The lowest BCUT2D eigenvalue weighted by Gasteiger charge is -2.40. The minimum Gasteiger partial charge on any atom is -0.339 e. The van der Waals surface area contributed by atoms with Gasteiger partial charge in [-0.1, -0.05) is 18.2 Å². The lowest BCUT2D eigenvalue weighted by molar-refractivity contribution is -0.150. The maximum Gasteiger partial charge on any atom is 0.245 e. The van der Waals surface area contributed by atoms with E-state index in [-0.39, 0.29) is 10.8 Å². The molecule has 7 heteroatoms. The highest BCUT2D eigenvalue weighted by molar-refractivity contribution is 7.94. The van der Waals surface area contributed by atoms with E-state index in [0.717, 1.165) is 0 Å². The molecular formula is C17H22N2O4S. The van der Waals surface area contributed by atoms with Crippen molar-refractivity contribution in [2.45, 2.75) is 42.4 Å². The van der Waals surface area contributed by atoms with Gasteiger partial charge >= 0.3 is 0 Å². The van der Waals surface area contributed by atoms with Crippen LogP contribution in [-0.2, 0) is 19.4 Å². The molecule has 2 fully saturated rings. The Morgan fingerprint density at radius 1 is 1.21 bits per heavy atom. The van der Waals surface area contributed by atoms with E-state index in [9.17, 15) is 18.0 Å². The van der Waals surface area contributed by atoms with Gasteiger partial charge in [0.05, 0.1) is 4.90 Å². The Labute approximate surface area is 142 Å². The molecule has 1 aromatic rings. The van der Waals surface area contributed by atoms with E-state index in [1.54, 1.807) is 30.0 Å². The van der Waals surface area contributed by atoms with E-state index < -0.39 is 26.5 Å². The van der Waals surface area contributed by atoms with E-state index in [2.05, 4.69) is 0 Å². The first-order valence-electron chi connectivity index (χ1n) is 8.24. The molecule has 0 N–H and O–H groups in total. The fraction of sp³-hybridized carbons (Fsp3) is 0.529. The largest absolute Gasteiger partial charge is 0.339 e. The van der Waals surface area contributed by atoms with Gasteiger partial charge in [0, 0.05) is 19.6 Å². The molecular weight excluding hydrogens is 328 g/mol. The van der Waals surface area contributed by atoms with Crippen LogP contribution in [0.25, 0.3) is 0 Å². The average Bonchev–Trinajstić information content (AvgIpc) is 3.40. The van der Waals surface area contributed by atoms with Gasteiger partial charge in [0.2, 0.25) is 11.8 Å². The van der Waals surface area contributed by atoms with Crippen LogP contribution in [0.1, 0.15) is 26.7 Å². The summed E-state index contributed by atoms with van der Waals surface area (Å²) in [5.41, 5.74) is 0. The van der Waals surface area contributed by atoms with Gasteiger partial charge in [-0.05, 0) is 38.8 Å². The second-order valence-corrected chi connectivity index (χ2v) is 8.66. The first-order valence-corrected chi connectivity index (χ1v) is 9.73. The normalized spacial score (nSPS) is 23.2. The summed E-state index contributed by atoms with van der Waals surface area (Å²) < 4.78 is 24.5. The standard InChI is InChI=1S/C17H22N2O4S/c1-3-18-11-12-19(13(2)15(18)20)16(21)17(9-10-17)24(22,23)14-7-5-4-6-8-14/h4-8,13H,3,9-12H2,1-2H3. The van der Waals surface area contributed by atoms with E-state index >= 15 is 0 Å². The van der Waals surface area contributed by atoms with Crippen LogP contribution in [0.4, 0.5) is 0 Å². The predicted molar refractivity (Wildman–Crippen MR) is 89.0 cm³/mol. The van der Waals surface area contributed by atoms with Crippen LogP contribution in [0.15, 0.2) is 35.2 Å². The summed E-state index contributed by atoms with van der Waals surface area (Å²) in [7, 11) is -3.75. The van der Waals surface area contributed by atoms with Gasteiger partial charge in [-0.3, -0.25) is 9.59 Å². The van der Waals surface area contributed by atoms with Crippen LogP contribution < -0.4 is 0 Å². The van der Waals surface area contributed by atoms with Gasteiger partial charge in [0.1, 0.15) is 6.04 Å². The lowest BCUT2D eigenvalue weighted by Crippen LogP contribution is -2.60. The third-order valence-corrected chi connectivity index (χ3v) is 7.56. The molecule has 24 heavy (non-hydrogen) atoms. The van der Waals surface area contributed by atoms with Crippen LogP contribution in [0.3, 0.4) is 0 Å². The van der Waals surface area contributed by atoms with Crippen LogP contribution >= 0.6 is 0 Å². The molecule has 0 spiro atoms. The smallest absolute Gasteiger partial charge is 0.245 e. The predicted octanol–water partition coefficient (Wildman–Crippen LogP) is 1.07. The molecule has 0 aromatic heterocycles. The Hall–Kier alpha value is -1.89. The Morgan fingerprint density at radius 2 is 1.83 bits per heavy atom. The molecule has 2 amide bonds. The summed E-state index contributed by atoms with van der Waals surface area (Å²) in [4.78, 5) is 28.7. The topological polar surface area (TPSA) is 74.8 Å². The Kier molecular flexibility index (Phi) is 4.15. The minimum atomic E-state index is -3.75. The number of piperazine rings is 1. The molecule has 1 saturated heterocycles. The molecule has 1 atom stereocenters. The third-order valence-electron chi connectivity index (χ3n) is 5.05. The van der Waals surface area contributed by atoms with Crippen molar-refractivity contribution in [3.63, 3.8) is 0 Å². The second-order valence-electron chi connectivity index (χ2n) is 6.40. The number of carbonyl (C=O) groups is 2. The maximum atomic E-state index is 13.0. The number of nitrogens with zero attached hydrogens (tertiary/aromatic N) is 2. The minimum absolute atomic E-state index is 0.120. The van der Waals surface area contributed by atoms with E-state index in [1.165, 1.54) is 17.0 Å². The van der Waals surface area contributed by atoms with Crippen molar-refractivity contribution in [2.75, 3.05) is 19.6 Å². The monoisotopic (exact) mass is 350 g/mol. The highest BCUT2D eigenvalue weighted by Gasteiger charge is 2.63. The second kappa shape index (κ2) is 5.88. The third kappa shape index (κ3) is 2.42. The maximum absolute atomic E-state index is 13.0. The highest BCUT2D eigenvalue weighted by atomic mass is 32.2. The van der Waals surface area contributed by atoms with Crippen molar-refractivity contribution in [3.8, 4) is 0 Å². The number of sulfone groups is 1. The van der Waals surface area contributed by atoms with Gasteiger partial charge < -0.3 is 9.80 Å². The van der Waals surface area contributed by atoms with Gasteiger partial charge in [-0.25, -0.2) is 8.42 Å². The summed E-state index contributed by atoms with van der Waals surface area (Å²) in [6.07, 6.45) is 0.635. The Balaban J connectivity index is 1.89. The van der Waals surface area contributed by atoms with Gasteiger partial charge in [-0.2, -0.15) is 0 Å². The quantitative estimate of drug-likeness (QED) is 0.814. The number of benzene rings is 1. The molecule has 130 valence electrons. The first-order chi connectivity index (χ1) is 11.3. The van der Waals surface area contributed by atoms with Crippen LogP contribution in [0.5, 0.6) is 0 Å². The molecule has 1 aliphatic carbocycles. The van der Waals surface area contributed by atoms with E-state index in [0.29, 0.717) is 32.5 Å².